The van der Waals surface area contributed by atoms with E-state index < -0.39 is 0 Å². The quantitative estimate of drug-likeness (QED) is 0.184. The molecule has 0 aliphatic carbocycles. The Labute approximate surface area is 183 Å². The van der Waals surface area contributed by atoms with Crippen molar-refractivity contribution in [1.82, 2.24) is 20.6 Å². The number of H-pyrrole nitrogens is 1. The number of nitrogens with zero attached hydrogens (tertiary/aromatic N) is 2. The Hall–Kier alpha value is -2.29. The fraction of sp³-hybridized carbons (Fsp3) is 0.333. The number of halogens is 1. The second-order valence-electron chi connectivity index (χ2n) is 6.15. The number of para-hydroxylation sites is 3. The van der Waals surface area contributed by atoms with Crippen molar-refractivity contribution >= 4 is 41.0 Å². The van der Waals surface area contributed by atoms with Crippen LogP contribution in [0.4, 0.5) is 0 Å². The van der Waals surface area contributed by atoms with Crippen LogP contribution in [0.15, 0.2) is 59.6 Å². The van der Waals surface area contributed by atoms with Gasteiger partial charge in [0.1, 0.15) is 11.6 Å². The standard InChI is InChI=1S/C21H27N5O.HI/c1-2-22-21(23-14-8-16-27-17-9-4-3-5-10-17)24-15-13-20-25-18-11-6-7-12-19(18)26-20;/h3-7,9-12H,2,8,13-16H2,1H3,(H,25,26)(H2,22,23,24);1H. The van der Waals surface area contributed by atoms with Gasteiger partial charge in [0.2, 0.25) is 0 Å². The Morgan fingerprint density at radius 2 is 1.86 bits per heavy atom. The van der Waals surface area contributed by atoms with Gasteiger partial charge in [0.15, 0.2) is 5.96 Å². The molecule has 2 aromatic carbocycles. The molecule has 0 amide bonds. The van der Waals surface area contributed by atoms with Crippen molar-refractivity contribution in [2.45, 2.75) is 19.8 Å². The van der Waals surface area contributed by atoms with E-state index in [-0.39, 0.29) is 24.0 Å². The van der Waals surface area contributed by atoms with E-state index in [0.29, 0.717) is 13.2 Å². The van der Waals surface area contributed by atoms with Gasteiger partial charge in [-0.2, -0.15) is 0 Å². The number of hydrogen-bond donors (Lipinski definition) is 3. The summed E-state index contributed by atoms with van der Waals surface area (Å²) in [6.45, 7) is 5.04. The summed E-state index contributed by atoms with van der Waals surface area (Å²) in [6, 6.07) is 17.9. The van der Waals surface area contributed by atoms with Crippen molar-refractivity contribution in [3.05, 3.63) is 60.4 Å². The molecule has 0 bridgehead atoms. The van der Waals surface area contributed by atoms with Gasteiger partial charge in [0.25, 0.3) is 0 Å². The monoisotopic (exact) mass is 493 g/mol. The first-order valence-corrected chi connectivity index (χ1v) is 9.49. The van der Waals surface area contributed by atoms with Crippen molar-refractivity contribution in [3.63, 3.8) is 0 Å². The first kappa shape index (κ1) is 22.0. The molecule has 28 heavy (non-hydrogen) atoms. The summed E-state index contributed by atoms with van der Waals surface area (Å²) in [5.41, 5.74) is 2.08. The molecule has 7 heteroatoms. The van der Waals surface area contributed by atoms with Crippen LogP contribution in [0.2, 0.25) is 0 Å². The summed E-state index contributed by atoms with van der Waals surface area (Å²) in [5, 5.41) is 6.63. The van der Waals surface area contributed by atoms with Crippen LogP contribution in [0.25, 0.3) is 11.0 Å². The predicted octanol–water partition coefficient (Wildman–Crippen LogP) is 3.75. The van der Waals surface area contributed by atoms with Gasteiger partial charge < -0.3 is 20.4 Å². The van der Waals surface area contributed by atoms with Gasteiger partial charge in [0.05, 0.1) is 17.6 Å². The van der Waals surface area contributed by atoms with Crippen LogP contribution in [0.3, 0.4) is 0 Å². The lowest BCUT2D eigenvalue weighted by Crippen LogP contribution is -2.38. The summed E-state index contributed by atoms with van der Waals surface area (Å²) in [4.78, 5) is 12.5. The van der Waals surface area contributed by atoms with Crippen molar-refractivity contribution < 1.29 is 4.74 Å². The highest BCUT2D eigenvalue weighted by atomic mass is 127. The molecule has 0 saturated heterocycles. The molecule has 150 valence electrons. The van der Waals surface area contributed by atoms with Gasteiger partial charge in [-0.15, -0.1) is 24.0 Å². The van der Waals surface area contributed by atoms with Crippen molar-refractivity contribution in [3.8, 4) is 5.75 Å². The molecular formula is C21H28IN5O. The third kappa shape index (κ3) is 7.03. The number of guanidine groups is 1. The molecule has 1 heterocycles. The fourth-order valence-electron chi connectivity index (χ4n) is 2.73. The van der Waals surface area contributed by atoms with Crippen LogP contribution in [-0.2, 0) is 6.42 Å². The molecule has 6 nitrogen and oxygen atoms in total. The molecular weight excluding hydrogens is 465 g/mol. The number of imidazole rings is 1. The largest absolute Gasteiger partial charge is 0.494 e. The number of fused-ring (bicyclic) bond motifs is 1. The molecule has 3 N–H and O–H groups in total. The lowest BCUT2D eigenvalue weighted by Gasteiger charge is -2.11. The summed E-state index contributed by atoms with van der Waals surface area (Å²) in [6.07, 6.45) is 1.69. The molecule has 1 aromatic heterocycles. The van der Waals surface area contributed by atoms with E-state index in [9.17, 15) is 0 Å². The zero-order valence-electron chi connectivity index (χ0n) is 16.1. The van der Waals surface area contributed by atoms with Crippen molar-refractivity contribution in [2.75, 3.05) is 26.2 Å². The molecule has 0 aliphatic rings. The van der Waals surface area contributed by atoms with E-state index in [1.54, 1.807) is 0 Å². The first-order chi connectivity index (χ1) is 13.3. The molecule has 3 aromatic rings. The SMILES string of the molecule is CCNC(=NCCCOc1ccccc1)NCCc1nc2ccccc2[nH]1.I. The number of aromatic nitrogens is 2. The summed E-state index contributed by atoms with van der Waals surface area (Å²) < 4.78 is 5.69. The number of aliphatic imine (C=N–C) groups is 1. The normalized spacial score (nSPS) is 11.1. The second kappa shape index (κ2) is 12.2. The zero-order valence-corrected chi connectivity index (χ0v) is 18.5. The van der Waals surface area contributed by atoms with Gasteiger partial charge in [-0.05, 0) is 31.2 Å². The lowest BCUT2D eigenvalue weighted by molar-refractivity contribution is 0.313. The van der Waals surface area contributed by atoms with Crippen molar-refractivity contribution in [2.24, 2.45) is 4.99 Å². The molecule has 3 rings (SSSR count). The van der Waals surface area contributed by atoms with E-state index in [0.717, 1.165) is 54.5 Å². The minimum atomic E-state index is 0. The maximum Gasteiger partial charge on any atom is 0.191 e. The first-order valence-electron chi connectivity index (χ1n) is 9.49. The third-order valence-corrected chi connectivity index (χ3v) is 4.02. The molecule has 0 unspecified atom stereocenters. The van der Waals surface area contributed by atoms with Crippen LogP contribution >= 0.6 is 24.0 Å². The Kier molecular flexibility index (Phi) is 9.61. The Morgan fingerprint density at radius 3 is 2.64 bits per heavy atom. The van der Waals surface area contributed by atoms with Crippen LogP contribution in [0.1, 0.15) is 19.2 Å². The van der Waals surface area contributed by atoms with Crippen LogP contribution in [-0.4, -0.2) is 42.2 Å². The number of hydrogen-bond acceptors (Lipinski definition) is 3. The average Bonchev–Trinajstić information content (AvgIpc) is 3.11. The predicted molar refractivity (Wildman–Crippen MR) is 126 cm³/mol. The van der Waals surface area contributed by atoms with Gasteiger partial charge in [-0.3, -0.25) is 4.99 Å². The Balaban J connectivity index is 0.00000280. The van der Waals surface area contributed by atoms with Crippen LogP contribution in [0.5, 0.6) is 5.75 Å². The van der Waals surface area contributed by atoms with Gasteiger partial charge >= 0.3 is 0 Å². The zero-order chi connectivity index (χ0) is 18.7. The van der Waals surface area contributed by atoms with Gasteiger partial charge in [-0.1, -0.05) is 30.3 Å². The topological polar surface area (TPSA) is 74.3 Å². The minimum Gasteiger partial charge on any atom is -0.494 e. The number of aromatic amines is 1. The molecule has 0 atom stereocenters. The molecule has 0 saturated carbocycles. The second-order valence-corrected chi connectivity index (χ2v) is 6.15. The lowest BCUT2D eigenvalue weighted by atomic mass is 10.3. The van der Waals surface area contributed by atoms with E-state index in [4.69, 9.17) is 4.74 Å². The third-order valence-electron chi connectivity index (χ3n) is 4.02. The summed E-state index contributed by atoms with van der Waals surface area (Å²) in [5.74, 6) is 2.71. The number of rotatable bonds is 9. The summed E-state index contributed by atoms with van der Waals surface area (Å²) >= 11 is 0. The molecule has 0 radical (unpaired) electrons. The van der Waals surface area contributed by atoms with Gasteiger partial charge in [0, 0.05) is 32.5 Å². The minimum absolute atomic E-state index is 0. The van der Waals surface area contributed by atoms with E-state index in [1.807, 2.05) is 54.6 Å². The van der Waals surface area contributed by atoms with Crippen LogP contribution < -0.4 is 15.4 Å². The maximum absolute atomic E-state index is 5.69. The maximum atomic E-state index is 5.69. The summed E-state index contributed by atoms with van der Waals surface area (Å²) in [7, 11) is 0. The van der Waals surface area contributed by atoms with Gasteiger partial charge in [-0.25, -0.2) is 4.98 Å². The number of ether oxygens (including phenoxy) is 1. The Morgan fingerprint density at radius 1 is 1.07 bits per heavy atom. The van der Waals surface area contributed by atoms with E-state index >= 15 is 0 Å². The Bertz CT molecular complexity index is 817. The van der Waals surface area contributed by atoms with Crippen molar-refractivity contribution in [1.29, 1.82) is 0 Å². The van der Waals surface area contributed by atoms with E-state index in [1.165, 1.54) is 0 Å². The molecule has 0 fully saturated rings. The highest BCUT2D eigenvalue weighted by Gasteiger charge is 2.03. The van der Waals surface area contributed by atoms with E-state index in [2.05, 4.69) is 32.5 Å². The molecule has 0 spiro atoms. The fourth-order valence-corrected chi connectivity index (χ4v) is 2.73. The van der Waals surface area contributed by atoms with Crippen LogP contribution in [0, 0.1) is 0 Å². The number of benzene rings is 2. The highest BCUT2D eigenvalue weighted by Crippen LogP contribution is 2.10. The highest BCUT2D eigenvalue weighted by molar-refractivity contribution is 14.0. The average molecular weight is 493 g/mol. The number of nitrogens with one attached hydrogen (secondary N) is 3. The molecule has 0 aliphatic heterocycles. The smallest absolute Gasteiger partial charge is 0.191 e.